The zero-order valence-corrected chi connectivity index (χ0v) is 19.6. The van der Waals surface area contributed by atoms with Gasteiger partial charge in [0, 0.05) is 5.56 Å². The lowest BCUT2D eigenvalue weighted by molar-refractivity contribution is -0.132. The van der Waals surface area contributed by atoms with E-state index in [0.717, 1.165) is 11.1 Å². The van der Waals surface area contributed by atoms with Gasteiger partial charge in [-0.05, 0) is 60.9 Å². The molecular formula is C27H25N3O5. The van der Waals surface area contributed by atoms with Gasteiger partial charge in [0.05, 0.1) is 29.5 Å². The molecule has 0 aliphatic carbocycles. The highest BCUT2D eigenvalue weighted by Gasteiger charge is 2.49. The van der Waals surface area contributed by atoms with E-state index in [4.69, 9.17) is 9.15 Å². The number of aromatic amines is 1. The third kappa shape index (κ3) is 3.77. The molecular weight excluding hydrogens is 446 g/mol. The lowest BCUT2D eigenvalue weighted by Gasteiger charge is -2.21. The SMILES string of the molecule is CCOc1ccc(/C(O)=C2\C(=O)C(=O)N(c3nc4ccccc4[nH]3)C2c2ccco2)cc1C(C)C. The predicted molar refractivity (Wildman–Crippen MR) is 131 cm³/mol. The number of ketones is 1. The largest absolute Gasteiger partial charge is 0.507 e. The van der Waals surface area contributed by atoms with Crippen LogP contribution in [0.5, 0.6) is 5.75 Å². The van der Waals surface area contributed by atoms with Gasteiger partial charge in [0.15, 0.2) is 0 Å². The van der Waals surface area contributed by atoms with Crippen LogP contribution < -0.4 is 9.64 Å². The fourth-order valence-electron chi connectivity index (χ4n) is 4.41. The zero-order valence-electron chi connectivity index (χ0n) is 19.6. The third-order valence-electron chi connectivity index (χ3n) is 6.07. The van der Waals surface area contributed by atoms with E-state index < -0.39 is 17.7 Å². The Balaban J connectivity index is 1.68. The Bertz CT molecular complexity index is 1420. The van der Waals surface area contributed by atoms with Crippen LogP contribution in [0, 0.1) is 0 Å². The number of furan rings is 1. The number of rotatable bonds is 6. The number of nitrogens with zero attached hydrogens (tertiary/aromatic N) is 2. The second-order valence-electron chi connectivity index (χ2n) is 8.60. The number of H-pyrrole nitrogens is 1. The first kappa shape index (κ1) is 22.5. The Hall–Kier alpha value is -4.33. The van der Waals surface area contributed by atoms with Crippen molar-refractivity contribution >= 4 is 34.4 Å². The summed E-state index contributed by atoms with van der Waals surface area (Å²) in [6.07, 6.45) is 1.46. The first-order valence-electron chi connectivity index (χ1n) is 11.5. The second kappa shape index (κ2) is 8.79. The van der Waals surface area contributed by atoms with Gasteiger partial charge in [-0.25, -0.2) is 4.98 Å². The number of aliphatic hydroxyl groups excluding tert-OH is 1. The minimum atomic E-state index is -0.986. The van der Waals surface area contributed by atoms with Crippen LogP contribution in [0.25, 0.3) is 16.8 Å². The maximum Gasteiger partial charge on any atom is 0.302 e. The first-order valence-corrected chi connectivity index (χ1v) is 11.5. The molecule has 1 fully saturated rings. The number of carbonyl (C=O) groups excluding carboxylic acids is 2. The van der Waals surface area contributed by atoms with Crippen LogP contribution in [0.1, 0.15) is 49.6 Å². The van der Waals surface area contributed by atoms with Gasteiger partial charge in [-0.3, -0.25) is 14.5 Å². The summed E-state index contributed by atoms with van der Waals surface area (Å²) in [4.78, 5) is 35.4. The molecule has 1 aliphatic heterocycles. The fourth-order valence-corrected chi connectivity index (χ4v) is 4.41. The van der Waals surface area contributed by atoms with E-state index in [1.54, 1.807) is 36.4 Å². The molecule has 8 nitrogen and oxygen atoms in total. The van der Waals surface area contributed by atoms with Crippen molar-refractivity contribution in [2.24, 2.45) is 0 Å². The molecule has 1 unspecified atom stereocenters. The second-order valence-corrected chi connectivity index (χ2v) is 8.60. The van der Waals surface area contributed by atoms with Crippen molar-refractivity contribution in [3.8, 4) is 5.75 Å². The van der Waals surface area contributed by atoms with Crippen molar-refractivity contribution in [1.29, 1.82) is 0 Å². The number of nitrogens with one attached hydrogen (secondary N) is 1. The van der Waals surface area contributed by atoms with Gasteiger partial charge in [0.25, 0.3) is 5.78 Å². The molecule has 35 heavy (non-hydrogen) atoms. The van der Waals surface area contributed by atoms with Crippen LogP contribution in [-0.4, -0.2) is 33.4 Å². The van der Waals surface area contributed by atoms with E-state index in [2.05, 4.69) is 9.97 Å². The number of hydrogen-bond acceptors (Lipinski definition) is 6. The number of Topliss-reactive ketones (excluding diaryl/α,β-unsaturated/α-hetero) is 1. The summed E-state index contributed by atoms with van der Waals surface area (Å²) in [6, 6.07) is 14.9. The lowest BCUT2D eigenvalue weighted by atomic mass is 9.95. The maximum absolute atomic E-state index is 13.3. The van der Waals surface area contributed by atoms with E-state index in [9.17, 15) is 14.7 Å². The summed E-state index contributed by atoms with van der Waals surface area (Å²) in [5.41, 5.74) is 2.60. The number of imidazole rings is 1. The molecule has 2 aromatic carbocycles. The number of carbonyl (C=O) groups is 2. The summed E-state index contributed by atoms with van der Waals surface area (Å²) in [5, 5.41) is 11.4. The number of ether oxygens (including phenoxy) is 1. The predicted octanol–water partition coefficient (Wildman–Crippen LogP) is 5.30. The van der Waals surface area contributed by atoms with Crippen molar-refractivity contribution in [1.82, 2.24) is 9.97 Å². The molecule has 0 radical (unpaired) electrons. The van der Waals surface area contributed by atoms with E-state index in [1.807, 2.05) is 39.0 Å². The number of hydrogen-bond donors (Lipinski definition) is 2. The van der Waals surface area contributed by atoms with Gasteiger partial charge in [0.1, 0.15) is 23.3 Å². The van der Waals surface area contributed by atoms with E-state index in [0.29, 0.717) is 29.2 Å². The average Bonchev–Trinajstić information content (AvgIpc) is 3.57. The minimum Gasteiger partial charge on any atom is -0.507 e. The number of amides is 1. The Morgan fingerprint density at radius 3 is 2.66 bits per heavy atom. The van der Waals surface area contributed by atoms with Crippen LogP contribution in [0.2, 0.25) is 0 Å². The quantitative estimate of drug-likeness (QED) is 0.224. The molecule has 0 saturated carbocycles. The fraction of sp³-hybridized carbons (Fsp3) is 0.222. The molecule has 1 aliphatic rings. The van der Waals surface area contributed by atoms with Gasteiger partial charge < -0.3 is 19.2 Å². The molecule has 2 aromatic heterocycles. The van der Waals surface area contributed by atoms with Crippen molar-refractivity contribution in [2.75, 3.05) is 11.5 Å². The molecule has 2 N–H and O–H groups in total. The summed E-state index contributed by atoms with van der Waals surface area (Å²) in [7, 11) is 0. The Morgan fingerprint density at radius 1 is 1.17 bits per heavy atom. The number of benzene rings is 2. The Labute approximate surface area is 201 Å². The monoisotopic (exact) mass is 471 g/mol. The van der Waals surface area contributed by atoms with Gasteiger partial charge in [0.2, 0.25) is 5.95 Å². The number of aliphatic hydroxyl groups is 1. The Morgan fingerprint density at radius 2 is 1.97 bits per heavy atom. The highest BCUT2D eigenvalue weighted by molar-refractivity contribution is 6.51. The van der Waals surface area contributed by atoms with E-state index in [1.165, 1.54) is 11.2 Å². The molecule has 5 rings (SSSR count). The van der Waals surface area contributed by atoms with Crippen molar-refractivity contribution in [2.45, 2.75) is 32.7 Å². The van der Waals surface area contributed by atoms with E-state index in [-0.39, 0.29) is 23.2 Å². The number of aromatic nitrogens is 2. The molecule has 0 spiro atoms. The highest BCUT2D eigenvalue weighted by atomic mass is 16.5. The maximum atomic E-state index is 13.3. The molecule has 4 aromatic rings. The molecule has 8 heteroatoms. The summed E-state index contributed by atoms with van der Waals surface area (Å²) in [5.74, 6) is -0.545. The van der Waals surface area contributed by atoms with Gasteiger partial charge >= 0.3 is 5.91 Å². The molecule has 1 amide bonds. The van der Waals surface area contributed by atoms with Crippen LogP contribution in [0.4, 0.5) is 5.95 Å². The summed E-state index contributed by atoms with van der Waals surface area (Å²) < 4.78 is 11.3. The number of anilines is 1. The first-order chi connectivity index (χ1) is 16.9. The topological polar surface area (TPSA) is 109 Å². The third-order valence-corrected chi connectivity index (χ3v) is 6.07. The summed E-state index contributed by atoms with van der Waals surface area (Å²) >= 11 is 0. The molecule has 0 bridgehead atoms. The van der Waals surface area contributed by atoms with Crippen molar-refractivity contribution in [3.05, 3.63) is 83.3 Å². The van der Waals surface area contributed by atoms with Crippen LogP contribution in [-0.2, 0) is 9.59 Å². The molecule has 178 valence electrons. The average molecular weight is 472 g/mol. The smallest absolute Gasteiger partial charge is 0.302 e. The van der Waals surface area contributed by atoms with Crippen LogP contribution in [0.3, 0.4) is 0 Å². The van der Waals surface area contributed by atoms with Gasteiger partial charge in [-0.1, -0.05) is 26.0 Å². The normalized spacial score (nSPS) is 17.6. The van der Waals surface area contributed by atoms with Crippen LogP contribution in [0.15, 0.2) is 70.9 Å². The zero-order chi connectivity index (χ0) is 24.7. The van der Waals surface area contributed by atoms with Crippen molar-refractivity contribution < 1.29 is 23.8 Å². The number of para-hydroxylation sites is 2. The Kier molecular flexibility index (Phi) is 5.64. The molecule has 1 saturated heterocycles. The number of fused-ring (bicyclic) bond motifs is 1. The standard InChI is InChI=1S/C27H25N3O5/c1-4-34-20-12-11-16(14-17(20)15(2)3)24(31)22-23(21-10-7-13-35-21)30(26(33)25(22)32)27-28-18-8-5-6-9-19(18)29-27/h5-15,23,31H,4H2,1-3H3,(H,28,29)/b24-22+. The van der Waals surface area contributed by atoms with Crippen molar-refractivity contribution in [3.63, 3.8) is 0 Å². The molecule has 1 atom stereocenters. The van der Waals surface area contributed by atoms with Crippen LogP contribution >= 0.6 is 0 Å². The highest BCUT2D eigenvalue weighted by Crippen LogP contribution is 2.42. The minimum absolute atomic E-state index is 0.0655. The van der Waals surface area contributed by atoms with E-state index >= 15 is 0 Å². The molecule has 3 heterocycles. The van der Waals surface area contributed by atoms with Gasteiger partial charge in [-0.2, -0.15) is 0 Å². The summed E-state index contributed by atoms with van der Waals surface area (Å²) in [6.45, 7) is 6.45. The van der Waals surface area contributed by atoms with Gasteiger partial charge in [-0.15, -0.1) is 0 Å². The lowest BCUT2D eigenvalue weighted by Crippen LogP contribution is -2.30.